The van der Waals surface area contributed by atoms with Crippen LogP contribution in [0.15, 0.2) is 66.2 Å². The van der Waals surface area contributed by atoms with Gasteiger partial charge in [-0.3, -0.25) is 28.8 Å². The fraction of sp³-hybridized carbons (Fsp3) is 0.585. The first kappa shape index (κ1) is 56.1. The monoisotopic (exact) mass is 1090 g/mol. The van der Waals surface area contributed by atoms with Gasteiger partial charge in [-0.1, -0.05) is 0 Å². The van der Waals surface area contributed by atoms with E-state index in [1.165, 1.54) is 39.8 Å². The standard InChI is InChI=1S/C53H70F2N12O11/c1-2-76-48(69)34-64-31-38(7-10-47(64)68)59-52(70)37-4-3-13-63(30-37)40-24-42(28-57-27-40)77-23-22-75-21-20-74-19-18-73-17-16-72-15-12-56-26-36-5-8-39(9-6-36)67-33-45(49(62-67)50(54)55)60-53(71)44-29-58-66-14-11-46(61-51(44)66)65-32-43-25-41(65)35-78-43/h7,10-11,14,24,27-29,31,33,36-37,39,41,43,50,56H,2-6,8-9,12-13,15-23,25-26,30,32,34-35H2,1H3,(H,59,70)(H,60,71)/t36?,37-,39?,41+,43+/m0/s1. The highest BCUT2D eigenvalue weighted by Gasteiger charge is 2.40. The highest BCUT2D eigenvalue weighted by atomic mass is 19.3. The van der Waals surface area contributed by atoms with E-state index in [0.29, 0.717) is 109 Å². The number of piperidine rings is 1. The number of esters is 1. The van der Waals surface area contributed by atoms with Gasteiger partial charge in [-0.25, -0.2) is 18.3 Å². The predicted molar refractivity (Wildman–Crippen MR) is 281 cm³/mol. The zero-order valence-electron chi connectivity index (χ0n) is 44.0. The van der Waals surface area contributed by atoms with Gasteiger partial charge < -0.3 is 63.5 Å². The van der Waals surface area contributed by atoms with Crippen LogP contribution in [0.5, 0.6) is 5.75 Å². The van der Waals surface area contributed by atoms with Gasteiger partial charge in [0.2, 0.25) is 5.91 Å². The molecule has 3 aliphatic heterocycles. The minimum atomic E-state index is -2.86. The molecule has 78 heavy (non-hydrogen) atoms. The van der Waals surface area contributed by atoms with Crippen molar-refractivity contribution >= 4 is 46.3 Å². The van der Waals surface area contributed by atoms with Crippen molar-refractivity contribution in [3.05, 3.63) is 83.1 Å². The highest BCUT2D eigenvalue weighted by Crippen LogP contribution is 2.36. The van der Waals surface area contributed by atoms with Crippen molar-refractivity contribution < 1.29 is 56.3 Å². The second-order valence-corrected chi connectivity index (χ2v) is 19.8. The molecule has 4 fully saturated rings. The molecule has 422 valence electrons. The lowest BCUT2D eigenvalue weighted by molar-refractivity contribution is -0.143. The number of hydrogen-bond donors (Lipinski definition) is 3. The lowest BCUT2D eigenvalue weighted by Gasteiger charge is -2.33. The van der Waals surface area contributed by atoms with Crippen LogP contribution in [0.25, 0.3) is 5.65 Å². The Morgan fingerprint density at radius 2 is 1.63 bits per heavy atom. The van der Waals surface area contributed by atoms with Crippen molar-refractivity contribution in [2.24, 2.45) is 11.8 Å². The van der Waals surface area contributed by atoms with E-state index in [1.54, 1.807) is 30.2 Å². The molecule has 3 saturated heterocycles. The van der Waals surface area contributed by atoms with E-state index in [9.17, 15) is 28.0 Å². The molecule has 0 unspecified atom stereocenters. The number of ether oxygens (including phenoxy) is 7. The number of pyridine rings is 2. The van der Waals surface area contributed by atoms with Crippen LogP contribution < -0.4 is 36.0 Å². The van der Waals surface area contributed by atoms with E-state index in [2.05, 4.69) is 40.9 Å². The first-order valence-electron chi connectivity index (χ1n) is 27.0. The molecule has 1 aliphatic carbocycles. The van der Waals surface area contributed by atoms with Gasteiger partial charge >= 0.3 is 5.97 Å². The van der Waals surface area contributed by atoms with Crippen molar-refractivity contribution in [1.29, 1.82) is 0 Å². The molecule has 23 nitrogen and oxygen atoms in total. The SMILES string of the molecule is CCOC(=O)Cn1cc(NC(=O)[C@H]2CCCN(c3cncc(OCCOCCOCCOCCOCCNCC4CCC(n5cc(NC(=O)c6cnn7ccc(N8C[C@H]9C[C@@H]8CO9)nc67)c(C(F)F)n5)CC4)c3)C2)ccc1=O. The summed E-state index contributed by atoms with van der Waals surface area (Å²) in [6.07, 6.45) is 12.7. The maximum atomic E-state index is 14.2. The number of nitrogens with zero attached hydrogens (tertiary/aromatic N) is 9. The van der Waals surface area contributed by atoms with Crippen molar-refractivity contribution in [2.45, 2.75) is 83.0 Å². The molecule has 2 amide bonds. The molecule has 2 bridgehead atoms. The Labute approximate surface area is 450 Å². The molecule has 5 aromatic rings. The Balaban J connectivity index is 0.572. The third kappa shape index (κ3) is 15.1. The van der Waals surface area contributed by atoms with Gasteiger partial charge in [-0.05, 0) is 76.5 Å². The van der Waals surface area contributed by atoms with E-state index in [4.69, 9.17) is 38.1 Å². The third-order valence-corrected chi connectivity index (χ3v) is 14.4. The van der Waals surface area contributed by atoms with Crippen LogP contribution in [-0.4, -0.2) is 169 Å². The summed E-state index contributed by atoms with van der Waals surface area (Å²) in [6.45, 7) is 9.63. The normalized spacial score (nSPS) is 20.2. The van der Waals surface area contributed by atoms with Crippen molar-refractivity contribution in [2.75, 3.05) is 126 Å². The number of aromatic nitrogens is 7. The average Bonchev–Trinajstić information content (AvgIpc) is 4.30. The topological polar surface area (TPSA) is 241 Å². The molecule has 25 heteroatoms. The second-order valence-electron chi connectivity index (χ2n) is 19.8. The van der Waals surface area contributed by atoms with Crippen LogP contribution in [0.2, 0.25) is 0 Å². The van der Waals surface area contributed by atoms with Crippen molar-refractivity contribution in [1.82, 2.24) is 39.2 Å². The molecular formula is C53H70F2N12O11. The molecular weight excluding hydrogens is 1020 g/mol. The molecule has 4 aliphatic rings. The first-order valence-corrected chi connectivity index (χ1v) is 27.0. The number of anilines is 4. The van der Waals surface area contributed by atoms with Crippen LogP contribution in [0, 0.1) is 11.8 Å². The van der Waals surface area contributed by atoms with E-state index in [-0.39, 0.29) is 60.0 Å². The molecule has 1 saturated carbocycles. The first-order chi connectivity index (χ1) is 38.1. The number of carbonyl (C=O) groups excluding carboxylic acids is 3. The molecule has 3 N–H and O–H groups in total. The molecule has 0 spiro atoms. The van der Waals surface area contributed by atoms with E-state index < -0.39 is 24.0 Å². The molecule has 8 heterocycles. The number of rotatable bonds is 29. The maximum absolute atomic E-state index is 14.2. The maximum Gasteiger partial charge on any atom is 0.326 e. The summed E-state index contributed by atoms with van der Waals surface area (Å²) in [5, 5.41) is 17.6. The number of alkyl halides is 2. The average molecular weight is 1090 g/mol. The number of halogens is 2. The second kappa shape index (κ2) is 27.8. The van der Waals surface area contributed by atoms with Crippen molar-refractivity contribution in [3.8, 4) is 5.75 Å². The van der Waals surface area contributed by atoms with Crippen LogP contribution in [0.1, 0.15) is 80.4 Å². The fourth-order valence-electron chi connectivity index (χ4n) is 10.3. The lowest BCUT2D eigenvalue weighted by Crippen LogP contribution is -2.41. The summed E-state index contributed by atoms with van der Waals surface area (Å²) in [6, 6.07) is 6.78. The predicted octanol–water partition coefficient (Wildman–Crippen LogP) is 4.53. The van der Waals surface area contributed by atoms with Crippen LogP contribution in [0.4, 0.5) is 31.7 Å². The van der Waals surface area contributed by atoms with Gasteiger partial charge in [-0.15, -0.1) is 0 Å². The van der Waals surface area contributed by atoms with Crippen LogP contribution >= 0.6 is 0 Å². The number of carbonyl (C=O) groups is 3. The number of fused-ring (bicyclic) bond motifs is 3. The van der Waals surface area contributed by atoms with E-state index in [0.717, 1.165) is 69.7 Å². The minimum Gasteiger partial charge on any atom is -0.489 e. The molecule has 0 radical (unpaired) electrons. The van der Waals surface area contributed by atoms with Crippen LogP contribution in [-0.2, 0) is 44.6 Å². The number of hydrogen-bond acceptors (Lipinski definition) is 18. The summed E-state index contributed by atoms with van der Waals surface area (Å²) in [7, 11) is 0. The van der Waals surface area contributed by atoms with Gasteiger partial charge in [0.15, 0.2) is 11.3 Å². The Kier molecular flexibility index (Phi) is 20.0. The van der Waals surface area contributed by atoms with Gasteiger partial charge in [0.25, 0.3) is 17.9 Å². The Morgan fingerprint density at radius 1 is 0.859 bits per heavy atom. The minimum absolute atomic E-state index is 0.0165. The Morgan fingerprint density at radius 3 is 2.36 bits per heavy atom. The smallest absolute Gasteiger partial charge is 0.326 e. The van der Waals surface area contributed by atoms with Crippen LogP contribution in [0.3, 0.4) is 0 Å². The summed E-state index contributed by atoms with van der Waals surface area (Å²) in [5.41, 5.74) is 0.962. The van der Waals surface area contributed by atoms with E-state index in [1.807, 2.05) is 12.1 Å². The van der Waals surface area contributed by atoms with Gasteiger partial charge in [0, 0.05) is 56.9 Å². The molecule has 0 aromatic carbocycles. The third-order valence-electron chi connectivity index (χ3n) is 14.4. The summed E-state index contributed by atoms with van der Waals surface area (Å²) < 4.78 is 72.0. The van der Waals surface area contributed by atoms with Crippen molar-refractivity contribution in [3.63, 3.8) is 0 Å². The molecule has 9 rings (SSSR count). The van der Waals surface area contributed by atoms with Gasteiger partial charge in [-0.2, -0.15) is 10.2 Å². The summed E-state index contributed by atoms with van der Waals surface area (Å²) >= 11 is 0. The summed E-state index contributed by atoms with van der Waals surface area (Å²) in [4.78, 5) is 64.2. The number of amides is 2. The highest BCUT2D eigenvalue weighted by molar-refractivity contribution is 6.08. The summed E-state index contributed by atoms with van der Waals surface area (Å²) in [5.74, 6) is 0.184. The number of morpholine rings is 1. The Bertz CT molecular complexity index is 2830. The molecule has 5 aromatic heterocycles. The zero-order chi connectivity index (χ0) is 54.2. The molecule has 3 atom stereocenters. The quantitative estimate of drug-likeness (QED) is 0.0440. The van der Waals surface area contributed by atoms with Gasteiger partial charge in [0.1, 0.15) is 30.3 Å². The largest absolute Gasteiger partial charge is 0.489 e. The van der Waals surface area contributed by atoms with Gasteiger partial charge in [0.05, 0.1) is 126 Å². The lowest BCUT2D eigenvalue weighted by atomic mass is 9.86. The number of nitrogens with one attached hydrogen (secondary N) is 3. The Hall–Kier alpha value is -6.64. The fourth-order valence-corrected chi connectivity index (χ4v) is 10.3. The van der Waals surface area contributed by atoms with E-state index >= 15 is 0 Å². The zero-order valence-corrected chi connectivity index (χ0v) is 44.0.